The molecule has 27 heavy (non-hydrogen) atoms. The molecule has 0 bridgehead atoms. The zero-order chi connectivity index (χ0) is 19.2. The van der Waals surface area contributed by atoms with Gasteiger partial charge in [0, 0.05) is 37.0 Å². The Bertz CT molecular complexity index is 871. The minimum Gasteiger partial charge on any atom is -0.370 e. The standard InChI is InChI=1S/C19H19N5O3/c20-13-14-12-17(24(26)27)6-7-18(14)23-10-8-16(9-11-23)22-19(25)21-15-4-2-1-3-5-15/h1-7,12,16H,8-11H2,(H2,21,22,25). The highest BCUT2D eigenvalue weighted by Gasteiger charge is 2.23. The molecule has 1 aliphatic heterocycles. The van der Waals surface area contributed by atoms with E-state index < -0.39 is 4.92 Å². The van der Waals surface area contributed by atoms with Crippen molar-refractivity contribution >= 4 is 23.1 Å². The maximum atomic E-state index is 12.1. The highest BCUT2D eigenvalue weighted by Crippen LogP contribution is 2.27. The van der Waals surface area contributed by atoms with Crippen LogP contribution in [0, 0.1) is 21.4 Å². The maximum Gasteiger partial charge on any atom is 0.319 e. The van der Waals surface area contributed by atoms with Gasteiger partial charge >= 0.3 is 6.03 Å². The SMILES string of the molecule is N#Cc1cc([N+](=O)[O-])ccc1N1CCC(NC(=O)Nc2ccccc2)CC1. The summed E-state index contributed by atoms with van der Waals surface area (Å²) in [7, 11) is 0. The molecule has 0 atom stereocenters. The molecule has 0 radical (unpaired) electrons. The Labute approximate surface area is 156 Å². The Morgan fingerprint density at radius 2 is 1.89 bits per heavy atom. The van der Waals surface area contributed by atoms with Crippen LogP contribution in [0.4, 0.5) is 21.9 Å². The molecule has 0 saturated carbocycles. The van der Waals surface area contributed by atoms with Gasteiger partial charge in [0.2, 0.25) is 0 Å². The number of piperidine rings is 1. The molecule has 2 aromatic carbocycles. The molecule has 8 nitrogen and oxygen atoms in total. The van der Waals surface area contributed by atoms with Gasteiger partial charge in [0.25, 0.3) is 5.69 Å². The number of benzene rings is 2. The van der Waals surface area contributed by atoms with E-state index in [0.717, 1.165) is 18.5 Å². The quantitative estimate of drug-likeness (QED) is 0.638. The smallest absolute Gasteiger partial charge is 0.319 e. The van der Waals surface area contributed by atoms with Gasteiger partial charge in [-0.05, 0) is 31.0 Å². The van der Waals surface area contributed by atoms with Gasteiger partial charge in [0.05, 0.1) is 16.2 Å². The normalized spacial score (nSPS) is 14.3. The molecule has 8 heteroatoms. The van der Waals surface area contributed by atoms with Gasteiger partial charge in [-0.25, -0.2) is 4.79 Å². The molecule has 1 saturated heterocycles. The Morgan fingerprint density at radius 1 is 1.19 bits per heavy atom. The Hall–Kier alpha value is -3.60. The van der Waals surface area contributed by atoms with Gasteiger partial charge in [0.1, 0.15) is 6.07 Å². The first-order valence-corrected chi connectivity index (χ1v) is 8.63. The number of amides is 2. The summed E-state index contributed by atoms with van der Waals surface area (Å²) in [5, 5.41) is 25.9. The number of carbonyl (C=O) groups excluding carboxylic acids is 1. The van der Waals surface area contributed by atoms with Gasteiger partial charge in [-0.2, -0.15) is 5.26 Å². The van der Waals surface area contributed by atoms with Crippen molar-refractivity contribution in [2.24, 2.45) is 0 Å². The third-order valence-corrected chi connectivity index (χ3v) is 4.51. The molecule has 1 fully saturated rings. The second-order valence-corrected chi connectivity index (χ2v) is 6.30. The van der Waals surface area contributed by atoms with E-state index in [1.54, 1.807) is 6.07 Å². The lowest BCUT2D eigenvalue weighted by molar-refractivity contribution is -0.384. The lowest BCUT2D eigenvalue weighted by atomic mass is 10.0. The summed E-state index contributed by atoms with van der Waals surface area (Å²) < 4.78 is 0. The van der Waals surface area contributed by atoms with Crippen molar-refractivity contribution in [2.75, 3.05) is 23.3 Å². The molecule has 1 heterocycles. The summed E-state index contributed by atoms with van der Waals surface area (Å²) in [6.45, 7) is 1.31. The summed E-state index contributed by atoms with van der Waals surface area (Å²) in [5.41, 5.74) is 1.62. The van der Waals surface area contributed by atoms with Crippen molar-refractivity contribution in [1.82, 2.24) is 5.32 Å². The van der Waals surface area contributed by atoms with E-state index in [0.29, 0.717) is 18.8 Å². The first-order chi connectivity index (χ1) is 13.1. The Balaban J connectivity index is 1.57. The van der Waals surface area contributed by atoms with Crippen molar-refractivity contribution < 1.29 is 9.72 Å². The van der Waals surface area contributed by atoms with Crippen LogP contribution in [-0.2, 0) is 0 Å². The van der Waals surface area contributed by atoms with Gasteiger partial charge in [-0.15, -0.1) is 0 Å². The lowest BCUT2D eigenvalue weighted by Gasteiger charge is -2.34. The summed E-state index contributed by atoms with van der Waals surface area (Å²) in [5.74, 6) is 0. The van der Waals surface area contributed by atoms with Crippen molar-refractivity contribution in [3.05, 3.63) is 64.2 Å². The zero-order valence-electron chi connectivity index (χ0n) is 14.6. The molecule has 3 rings (SSSR count). The predicted octanol–water partition coefficient (Wildman–Crippen LogP) is 3.26. The van der Waals surface area contributed by atoms with E-state index in [-0.39, 0.29) is 23.3 Å². The van der Waals surface area contributed by atoms with E-state index in [1.807, 2.05) is 41.3 Å². The van der Waals surface area contributed by atoms with Gasteiger partial charge in [-0.1, -0.05) is 18.2 Å². The number of hydrogen-bond acceptors (Lipinski definition) is 5. The van der Waals surface area contributed by atoms with Crippen molar-refractivity contribution in [1.29, 1.82) is 5.26 Å². The number of nitrogens with one attached hydrogen (secondary N) is 2. The van der Waals surface area contributed by atoms with E-state index in [9.17, 15) is 20.2 Å². The molecule has 0 spiro atoms. The first kappa shape index (κ1) is 18.2. The van der Waals surface area contributed by atoms with Crippen molar-refractivity contribution in [3.8, 4) is 6.07 Å². The number of nitrogens with zero attached hydrogens (tertiary/aromatic N) is 3. The van der Waals surface area contributed by atoms with Crippen LogP contribution < -0.4 is 15.5 Å². The van der Waals surface area contributed by atoms with Crippen LogP contribution in [0.3, 0.4) is 0 Å². The largest absolute Gasteiger partial charge is 0.370 e. The number of carbonyl (C=O) groups is 1. The summed E-state index contributed by atoms with van der Waals surface area (Å²) in [6.07, 6.45) is 1.45. The third-order valence-electron chi connectivity index (χ3n) is 4.51. The summed E-state index contributed by atoms with van der Waals surface area (Å²) in [6, 6.07) is 15.4. The molecule has 1 aliphatic rings. The zero-order valence-corrected chi connectivity index (χ0v) is 14.6. The molecule has 0 aromatic heterocycles. The molecule has 0 aliphatic carbocycles. The second-order valence-electron chi connectivity index (χ2n) is 6.30. The number of anilines is 2. The number of nitriles is 1. The average Bonchev–Trinajstić information content (AvgIpc) is 2.68. The number of non-ortho nitro benzene ring substituents is 1. The fraction of sp³-hybridized carbons (Fsp3) is 0.263. The summed E-state index contributed by atoms with van der Waals surface area (Å²) >= 11 is 0. The Morgan fingerprint density at radius 3 is 2.52 bits per heavy atom. The number of hydrogen-bond donors (Lipinski definition) is 2. The van der Waals surface area contributed by atoms with Crippen LogP contribution in [0.25, 0.3) is 0 Å². The molecule has 0 unspecified atom stereocenters. The van der Waals surface area contributed by atoms with Crippen LogP contribution >= 0.6 is 0 Å². The minimum atomic E-state index is -0.508. The van der Waals surface area contributed by atoms with Gasteiger partial charge in [-0.3, -0.25) is 10.1 Å². The maximum absolute atomic E-state index is 12.1. The molecule has 2 aromatic rings. The van der Waals surface area contributed by atoms with E-state index in [2.05, 4.69) is 10.6 Å². The van der Waals surface area contributed by atoms with Crippen LogP contribution in [0.15, 0.2) is 48.5 Å². The van der Waals surface area contributed by atoms with Crippen molar-refractivity contribution in [2.45, 2.75) is 18.9 Å². The van der Waals surface area contributed by atoms with Crippen LogP contribution in [0.5, 0.6) is 0 Å². The highest BCUT2D eigenvalue weighted by atomic mass is 16.6. The topological polar surface area (TPSA) is 111 Å². The monoisotopic (exact) mass is 365 g/mol. The predicted molar refractivity (Wildman–Crippen MR) is 102 cm³/mol. The molecule has 2 N–H and O–H groups in total. The van der Waals surface area contributed by atoms with Crippen LogP contribution in [0.2, 0.25) is 0 Å². The van der Waals surface area contributed by atoms with Crippen LogP contribution in [-0.4, -0.2) is 30.1 Å². The fourth-order valence-corrected chi connectivity index (χ4v) is 3.14. The van der Waals surface area contributed by atoms with E-state index in [4.69, 9.17) is 0 Å². The number of nitro benzene ring substituents is 1. The van der Waals surface area contributed by atoms with E-state index >= 15 is 0 Å². The second kappa shape index (κ2) is 8.19. The van der Waals surface area contributed by atoms with E-state index in [1.165, 1.54) is 12.1 Å². The minimum absolute atomic E-state index is 0.0357. The number of nitro groups is 1. The average molecular weight is 365 g/mol. The van der Waals surface area contributed by atoms with Crippen LogP contribution in [0.1, 0.15) is 18.4 Å². The third kappa shape index (κ3) is 4.52. The van der Waals surface area contributed by atoms with Gasteiger partial charge in [0.15, 0.2) is 0 Å². The molecule has 2 amide bonds. The first-order valence-electron chi connectivity index (χ1n) is 8.63. The Kier molecular flexibility index (Phi) is 5.52. The molecular weight excluding hydrogens is 346 g/mol. The van der Waals surface area contributed by atoms with Crippen molar-refractivity contribution in [3.63, 3.8) is 0 Å². The fourth-order valence-electron chi connectivity index (χ4n) is 3.14. The highest BCUT2D eigenvalue weighted by molar-refractivity contribution is 5.89. The number of rotatable bonds is 4. The molecular formula is C19H19N5O3. The number of para-hydroxylation sites is 1. The summed E-state index contributed by atoms with van der Waals surface area (Å²) in [4.78, 5) is 24.5. The lowest BCUT2D eigenvalue weighted by Crippen LogP contribution is -2.46. The number of urea groups is 1. The van der Waals surface area contributed by atoms with Gasteiger partial charge < -0.3 is 15.5 Å². The molecule has 138 valence electrons.